The maximum Gasteiger partial charge on any atom is 0.417 e. The van der Waals surface area contributed by atoms with E-state index in [0.717, 1.165) is 0 Å². The zero-order chi connectivity index (χ0) is 12.9. The summed E-state index contributed by atoms with van der Waals surface area (Å²) >= 11 is 0. The van der Waals surface area contributed by atoms with Crippen LogP contribution in [0.1, 0.15) is 12.5 Å². The second-order valence-corrected chi connectivity index (χ2v) is 3.32. The van der Waals surface area contributed by atoms with Crippen LogP contribution in [0.25, 0.3) is 5.57 Å². The Balaban J connectivity index is 3.10. The molecule has 0 aliphatic rings. The molecule has 2 nitrogen and oxygen atoms in total. The molecule has 92 valence electrons. The Morgan fingerprint density at radius 2 is 1.88 bits per heavy atom. The highest BCUT2D eigenvalue weighted by Crippen LogP contribution is 2.33. The molecule has 0 heterocycles. The van der Waals surface area contributed by atoms with Gasteiger partial charge in [-0.05, 0) is 12.5 Å². The number of carbonyl (C=O) groups excluding carboxylic acids is 1. The van der Waals surface area contributed by atoms with Gasteiger partial charge in [-0.2, -0.15) is 13.2 Å². The number of allylic oxidation sites excluding steroid dienone is 1. The summed E-state index contributed by atoms with van der Waals surface area (Å²) in [7, 11) is 0. The highest BCUT2D eigenvalue weighted by molar-refractivity contribution is 5.96. The quantitative estimate of drug-likeness (QED) is 0.812. The van der Waals surface area contributed by atoms with Crippen molar-refractivity contribution in [1.82, 2.24) is 5.32 Å². The first-order valence-electron chi connectivity index (χ1n) is 5.07. The molecule has 1 N–H and O–H groups in total. The van der Waals surface area contributed by atoms with E-state index in [0.29, 0.717) is 6.08 Å². The number of halogens is 3. The number of benzene rings is 1. The normalized spacial score (nSPS) is 12.4. The molecule has 0 radical (unpaired) electrons. The van der Waals surface area contributed by atoms with Gasteiger partial charge in [0.15, 0.2) is 0 Å². The third-order valence-electron chi connectivity index (χ3n) is 2.02. The van der Waals surface area contributed by atoms with Gasteiger partial charge in [-0.15, -0.1) is 0 Å². The largest absolute Gasteiger partial charge is 0.417 e. The molecular formula is C12H12F3NO. The van der Waals surface area contributed by atoms with Crippen molar-refractivity contribution in [3.63, 3.8) is 0 Å². The van der Waals surface area contributed by atoms with E-state index in [-0.39, 0.29) is 12.1 Å². The van der Waals surface area contributed by atoms with Crippen LogP contribution in [0.4, 0.5) is 13.2 Å². The zero-order valence-electron chi connectivity index (χ0n) is 9.21. The van der Waals surface area contributed by atoms with Crippen molar-refractivity contribution in [3.8, 4) is 0 Å². The lowest BCUT2D eigenvalue weighted by Gasteiger charge is -2.11. The van der Waals surface area contributed by atoms with Gasteiger partial charge >= 0.3 is 6.18 Å². The first-order valence-corrected chi connectivity index (χ1v) is 5.07. The average molecular weight is 243 g/mol. The summed E-state index contributed by atoms with van der Waals surface area (Å²) in [6.45, 7) is 1.93. The number of hydrogen-bond donors (Lipinski definition) is 1. The Kier molecular flexibility index (Phi) is 4.31. The van der Waals surface area contributed by atoms with Gasteiger partial charge in [-0.25, -0.2) is 0 Å². The lowest BCUT2D eigenvalue weighted by atomic mass is 10.1. The number of nitrogens with one attached hydrogen (secondary N) is 1. The molecule has 0 atom stereocenters. The number of rotatable bonds is 3. The van der Waals surface area contributed by atoms with Gasteiger partial charge in [-0.1, -0.05) is 30.3 Å². The van der Waals surface area contributed by atoms with Crippen molar-refractivity contribution in [2.75, 3.05) is 6.54 Å². The van der Waals surface area contributed by atoms with Gasteiger partial charge in [-0.3, -0.25) is 4.79 Å². The highest BCUT2D eigenvalue weighted by atomic mass is 19.4. The second kappa shape index (κ2) is 5.52. The van der Waals surface area contributed by atoms with Crippen LogP contribution in [0.3, 0.4) is 0 Å². The number of hydrogen-bond acceptors (Lipinski definition) is 1. The number of carbonyl (C=O) groups is 1. The van der Waals surface area contributed by atoms with Crippen LogP contribution < -0.4 is 5.32 Å². The lowest BCUT2D eigenvalue weighted by Crippen LogP contribution is -2.22. The van der Waals surface area contributed by atoms with E-state index < -0.39 is 17.7 Å². The molecule has 0 spiro atoms. The lowest BCUT2D eigenvalue weighted by molar-refractivity contribution is -0.116. The van der Waals surface area contributed by atoms with Crippen molar-refractivity contribution in [1.29, 1.82) is 0 Å². The van der Waals surface area contributed by atoms with Crippen LogP contribution >= 0.6 is 0 Å². The Morgan fingerprint density at radius 1 is 1.29 bits per heavy atom. The van der Waals surface area contributed by atoms with Crippen LogP contribution in [0, 0.1) is 0 Å². The predicted octanol–water partition coefficient (Wildman–Crippen LogP) is 2.77. The van der Waals surface area contributed by atoms with Crippen LogP contribution in [0.15, 0.2) is 36.4 Å². The minimum Gasteiger partial charge on any atom is -0.353 e. The Labute approximate surface area is 97.1 Å². The van der Waals surface area contributed by atoms with Gasteiger partial charge in [0.05, 0.1) is 5.57 Å². The number of likely N-dealkylation sites (N-methyl/N-ethyl adjacent to an activating group) is 1. The molecule has 1 aromatic carbocycles. The fraction of sp³-hybridized carbons (Fsp3) is 0.250. The summed E-state index contributed by atoms with van der Waals surface area (Å²) < 4.78 is 38.3. The summed E-state index contributed by atoms with van der Waals surface area (Å²) in [5.41, 5.74) is -0.963. The predicted molar refractivity (Wildman–Crippen MR) is 59.2 cm³/mol. The molecule has 0 saturated carbocycles. The van der Waals surface area contributed by atoms with Crippen LogP contribution in [0.5, 0.6) is 0 Å². The molecule has 1 aromatic rings. The van der Waals surface area contributed by atoms with Crippen molar-refractivity contribution in [2.24, 2.45) is 0 Å². The highest BCUT2D eigenvalue weighted by Gasteiger charge is 2.35. The molecule has 0 fully saturated rings. The fourth-order valence-electron chi connectivity index (χ4n) is 1.30. The molecule has 17 heavy (non-hydrogen) atoms. The smallest absolute Gasteiger partial charge is 0.353 e. The standard InChI is InChI=1S/C12H12F3NO/c1-2-16-11(17)8-10(12(13,14)15)9-6-4-3-5-7-9/h3-8H,2H2,1H3,(H,16,17)/b10-8-. The van der Waals surface area contributed by atoms with Gasteiger partial charge in [0.1, 0.15) is 0 Å². The van der Waals surface area contributed by atoms with Crippen molar-refractivity contribution < 1.29 is 18.0 Å². The van der Waals surface area contributed by atoms with Gasteiger partial charge in [0.2, 0.25) is 5.91 Å². The average Bonchev–Trinajstić information content (AvgIpc) is 2.26. The monoisotopic (exact) mass is 243 g/mol. The summed E-state index contributed by atoms with van der Waals surface area (Å²) in [6, 6.07) is 7.24. The first-order chi connectivity index (χ1) is 7.95. The third-order valence-corrected chi connectivity index (χ3v) is 2.02. The topological polar surface area (TPSA) is 29.1 Å². The van der Waals surface area contributed by atoms with E-state index in [1.54, 1.807) is 13.0 Å². The summed E-state index contributed by atoms with van der Waals surface area (Å²) in [5, 5.41) is 2.30. The van der Waals surface area contributed by atoms with Gasteiger partial charge in [0.25, 0.3) is 0 Å². The third kappa shape index (κ3) is 3.94. The fourth-order valence-corrected chi connectivity index (χ4v) is 1.30. The Bertz CT molecular complexity index is 410. The maximum atomic E-state index is 12.8. The first kappa shape index (κ1) is 13.3. The van der Waals surface area contributed by atoms with E-state index in [1.165, 1.54) is 24.3 Å². The van der Waals surface area contributed by atoms with E-state index in [1.807, 2.05) is 0 Å². The summed E-state index contributed by atoms with van der Waals surface area (Å²) in [5.74, 6) is -0.747. The number of alkyl halides is 3. The van der Waals surface area contributed by atoms with Crippen molar-refractivity contribution in [2.45, 2.75) is 13.1 Å². The van der Waals surface area contributed by atoms with E-state index in [4.69, 9.17) is 0 Å². The Hall–Kier alpha value is -1.78. The maximum absolute atomic E-state index is 12.8. The molecule has 0 bridgehead atoms. The molecule has 1 rings (SSSR count). The van der Waals surface area contributed by atoms with E-state index >= 15 is 0 Å². The minimum absolute atomic E-state index is 0.0220. The summed E-state index contributed by atoms with van der Waals surface area (Å²) in [6.07, 6.45) is -3.97. The molecule has 5 heteroatoms. The molecule has 0 aliphatic carbocycles. The van der Waals surface area contributed by atoms with Crippen LogP contribution in [-0.4, -0.2) is 18.6 Å². The molecule has 0 aromatic heterocycles. The minimum atomic E-state index is -4.55. The van der Waals surface area contributed by atoms with Crippen molar-refractivity contribution >= 4 is 11.5 Å². The Morgan fingerprint density at radius 3 is 2.35 bits per heavy atom. The molecule has 0 unspecified atom stereocenters. The van der Waals surface area contributed by atoms with Crippen LogP contribution in [0.2, 0.25) is 0 Å². The van der Waals surface area contributed by atoms with Crippen molar-refractivity contribution in [3.05, 3.63) is 42.0 Å². The molecular weight excluding hydrogens is 231 g/mol. The summed E-state index contributed by atoms with van der Waals surface area (Å²) in [4.78, 5) is 11.2. The van der Waals surface area contributed by atoms with Gasteiger partial charge < -0.3 is 5.32 Å². The molecule has 0 aliphatic heterocycles. The van der Waals surface area contributed by atoms with Crippen LogP contribution in [-0.2, 0) is 4.79 Å². The van der Waals surface area contributed by atoms with E-state index in [2.05, 4.69) is 5.32 Å². The van der Waals surface area contributed by atoms with E-state index in [9.17, 15) is 18.0 Å². The zero-order valence-corrected chi connectivity index (χ0v) is 9.21. The second-order valence-electron chi connectivity index (χ2n) is 3.32. The number of amides is 1. The SMILES string of the molecule is CCNC(=O)/C=C(/c1ccccc1)C(F)(F)F. The van der Waals surface area contributed by atoms with Gasteiger partial charge in [0, 0.05) is 12.6 Å². The molecule has 0 saturated heterocycles. The molecule has 1 amide bonds.